The highest BCUT2D eigenvalue weighted by atomic mass is 16.5. The van der Waals surface area contributed by atoms with Gasteiger partial charge in [0.05, 0.1) is 24.8 Å². The predicted molar refractivity (Wildman–Crippen MR) is 70.4 cm³/mol. The molecule has 100 valence electrons. The van der Waals surface area contributed by atoms with Crippen molar-refractivity contribution in [1.29, 1.82) is 0 Å². The van der Waals surface area contributed by atoms with Crippen LogP contribution in [0.1, 0.15) is 43.9 Å². The fourth-order valence-corrected chi connectivity index (χ4v) is 3.15. The topological polar surface area (TPSA) is 39.1 Å². The fraction of sp³-hybridized carbons (Fsp3) is 0.786. The van der Waals surface area contributed by atoms with Gasteiger partial charge in [0, 0.05) is 19.6 Å². The molecule has 2 aliphatic rings. The smallest absolute Gasteiger partial charge is 0.111 e. The molecule has 3 rings (SSSR count). The number of nitrogens with zero attached hydrogens (tertiary/aromatic N) is 2. The number of nitrogens with one attached hydrogen (secondary N) is 1. The molecule has 1 aromatic heterocycles. The number of morpholine rings is 1. The maximum Gasteiger partial charge on any atom is 0.111 e. The molecule has 1 saturated heterocycles. The normalized spacial score (nSPS) is 26.3. The van der Waals surface area contributed by atoms with E-state index in [9.17, 15) is 0 Å². The van der Waals surface area contributed by atoms with Crippen LogP contribution in [-0.4, -0.2) is 29.2 Å². The van der Waals surface area contributed by atoms with E-state index >= 15 is 0 Å². The Balaban J connectivity index is 1.66. The Morgan fingerprint density at radius 3 is 3.00 bits per heavy atom. The van der Waals surface area contributed by atoms with E-state index in [4.69, 9.17) is 4.74 Å². The molecular weight excluding hydrogens is 226 g/mol. The average Bonchev–Trinajstić information content (AvgIpc) is 2.89. The monoisotopic (exact) mass is 249 g/mol. The van der Waals surface area contributed by atoms with Crippen LogP contribution >= 0.6 is 0 Å². The number of imidazole rings is 1. The standard InChI is InChI=1S/C14H23N3O/c1-2-4-12(5-3-1)10-17-11-16-8-13(17)14-9-15-6-7-18-14/h8,11-12,14-15H,1-7,9-10H2. The number of ether oxygens (including phenoxy) is 1. The van der Waals surface area contributed by atoms with E-state index in [2.05, 4.69) is 14.9 Å². The van der Waals surface area contributed by atoms with Crippen molar-refractivity contribution in [2.75, 3.05) is 19.7 Å². The Hall–Kier alpha value is -0.870. The van der Waals surface area contributed by atoms with Crippen molar-refractivity contribution in [3.05, 3.63) is 18.2 Å². The van der Waals surface area contributed by atoms with Crippen LogP contribution in [0.15, 0.2) is 12.5 Å². The predicted octanol–water partition coefficient (Wildman–Crippen LogP) is 2.12. The van der Waals surface area contributed by atoms with Crippen molar-refractivity contribution in [3.8, 4) is 0 Å². The first kappa shape index (κ1) is 12.2. The summed E-state index contributed by atoms with van der Waals surface area (Å²) in [5, 5.41) is 3.39. The average molecular weight is 249 g/mol. The Morgan fingerprint density at radius 1 is 1.33 bits per heavy atom. The summed E-state index contributed by atoms with van der Waals surface area (Å²) in [6.07, 6.45) is 11.1. The van der Waals surface area contributed by atoms with Gasteiger partial charge in [-0.05, 0) is 18.8 Å². The summed E-state index contributed by atoms with van der Waals surface area (Å²) in [5.41, 5.74) is 1.24. The minimum absolute atomic E-state index is 0.185. The van der Waals surface area contributed by atoms with Gasteiger partial charge < -0.3 is 14.6 Å². The van der Waals surface area contributed by atoms with Crippen LogP contribution in [0.2, 0.25) is 0 Å². The molecule has 1 aromatic rings. The lowest BCUT2D eigenvalue weighted by atomic mass is 9.89. The summed E-state index contributed by atoms with van der Waals surface area (Å²) in [6.45, 7) is 3.80. The van der Waals surface area contributed by atoms with Gasteiger partial charge in [0.1, 0.15) is 6.10 Å². The molecule has 0 amide bonds. The lowest BCUT2D eigenvalue weighted by Gasteiger charge is -2.27. The maximum atomic E-state index is 5.83. The van der Waals surface area contributed by atoms with Crippen molar-refractivity contribution in [2.24, 2.45) is 5.92 Å². The summed E-state index contributed by atoms with van der Waals surface area (Å²) in [4.78, 5) is 4.32. The minimum Gasteiger partial charge on any atom is -0.369 e. The first-order chi connectivity index (χ1) is 8.93. The third-order valence-corrected chi connectivity index (χ3v) is 4.18. The number of hydrogen-bond donors (Lipinski definition) is 1. The highest BCUT2D eigenvalue weighted by Crippen LogP contribution is 2.27. The highest BCUT2D eigenvalue weighted by molar-refractivity contribution is 5.05. The Bertz CT molecular complexity index is 365. The largest absolute Gasteiger partial charge is 0.369 e. The van der Waals surface area contributed by atoms with E-state index in [1.54, 1.807) is 0 Å². The molecule has 2 fully saturated rings. The molecule has 1 aliphatic carbocycles. The first-order valence-corrected chi connectivity index (χ1v) is 7.26. The highest BCUT2D eigenvalue weighted by Gasteiger charge is 2.21. The lowest BCUT2D eigenvalue weighted by molar-refractivity contribution is 0.0222. The zero-order valence-corrected chi connectivity index (χ0v) is 11.0. The second-order valence-electron chi connectivity index (χ2n) is 5.54. The van der Waals surface area contributed by atoms with Gasteiger partial charge in [-0.25, -0.2) is 4.98 Å². The molecule has 4 nitrogen and oxygen atoms in total. The van der Waals surface area contributed by atoms with Crippen molar-refractivity contribution in [3.63, 3.8) is 0 Å². The number of rotatable bonds is 3. The van der Waals surface area contributed by atoms with Crippen LogP contribution in [0.25, 0.3) is 0 Å². The molecule has 0 spiro atoms. The third kappa shape index (κ3) is 2.75. The Morgan fingerprint density at radius 2 is 2.22 bits per heavy atom. The van der Waals surface area contributed by atoms with Crippen molar-refractivity contribution in [1.82, 2.24) is 14.9 Å². The van der Waals surface area contributed by atoms with E-state index in [0.29, 0.717) is 0 Å². The number of aromatic nitrogens is 2. The van der Waals surface area contributed by atoms with Gasteiger partial charge in [0.15, 0.2) is 0 Å². The Labute approximate surface area is 109 Å². The molecule has 1 saturated carbocycles. The summed E-state index contributed by atoms with van der Waals surface area (Å²) < 4.78 is 8.14. The third-order valence-electron chi connectivity index (χ3n) is 4.18. The summed E-state index contributed by atoms with van der Waals surface area (Å²) in [7, 11) is 0. The van der Waals surface area contributed by atoms with Gasteiger partial charge in [0.2, 0.25) is 0 Å². The van der Waals surface area contributed by atoms with Crippen LogP contribution in [0.5, 0.6) is 0 Å². The van der Waals surface area contributed by atoms with Crippen LogP contribution in [0.4, 0.5) is 0 Å². The van der Waals surface area contributed by atoms with Crippen LogP contribution in [-0.2, 0) is 11.3 Å². The SMILES string of the molecule is c1ncn(CC2CCCCC2)c1C1CNCCO1. The van der Waals surface area contributed by atoms with E-state index in [-0.39, 0.29) is 6.10 Å². The quantitative estimate of drug-likeness (QED) is 0.892. The summed E-state index contributed by atoms with van der Waals surface area (Å²) in [5.74, 6) is 0.836. The van der Waals surface area contributed by atoms with Gasteiger partial charge in [-0.3, -0.25) is 0 Å². The zero-order chi connectivity index (χ0) is 12.2. The van der Waals surface area contributed by atoms with Gasteiger partial charge >= 0.3 is 0 Å². The summed E-state index contributed by atoms with van der Waals surface area (Å²) >= 11 is 0. The van der Waals surface area contributed by atoms with Crippen molar-refractivity contribution < 1.29 is 4.74 Å². The van der Waals surface area contributed by atoms with Crippen molar-refractivity contribution in [2.45, 2.75) is 44.8 Å². The van der Waals surface area contributed by atoms with Gasteiger partial charge in [-0.1, -0.05) is 19.3 Å². The molecule has 18 heavy (non-hydrogen) atoms. The molecule has 0 radical (unpaired) electrons. The van der Waals surface area contributed by atoms with Gasteiger partial charge in [-0.15, -0.1) is 0 Å². The molecule has 2 heterocycles. The zero-order valence-electron chi connectivity index (χ0n) is 11.0. The Kier molecular flexibility index (Phi) is 3.96. The van der Waals surface area contributed by atoms with E-state index in [1.165, 1.54) is 37.8 Å². The lowest BCUT2D eigenvalue weighted by Crippen LogP contribution is -2.34. The molecule has 1 N–H and O–H groups in total. The van der Waals surface area contributed by atoms with E-state index < -0.39 is 0 Å². The van der Waals surface area contributed by atoms with Gasteiger partial charge in [0.25, 0.3) is 0 Å². The minimum atomic E-state index is 0.185. The van der Waals surface area contributed by atoms with E-state index in [0.717, 1.165) is 32.2 Å². The summed E-state index contributed by atoms with van der Waals surface area (Å²) in [6, 6.07) is 0. The molecule has 0 aromatic carbocycles. The molecule has 1 unspecified atom stereocenters. The molecule has 0 bridgehead atoms. The molecule has 1 atom stereocenters. The first-order valence-electron chi connectivity index (χ1n) is 7.26. The van der Waals surface area contributed by atoms with Crippen LogP contribution in [0.3, 0.4) is 0 Å². The van der Waals surface area contributed by atoms with E-state index in [1.807, 2.05) is 12.5 Å². The van der Waals surface area contributed by atoms with Gasteiger partial charge in [-0.2, -0.15) is 0 Å². The molecule has 1 aliphatic heterocycles. The second kappa shape index (κ2) is 5.85. The molecular formula is C14H23N3O. The van der Waals surface area contributed by atoms with Crippen molar-refractivity contribution >= 4 is 0 Å². The second-order valence-corrected chi connectivity index (χ2v) is 5.54. The van der Waals surface area contributed by atoms with Crippen LogP contribution < -0.4 is 5.32 Å². The molecule has 4 heteroatoms. The maximum absolute atomic E-state index is 5.83. The number of hydrogen-bond acceptors (Lipinski definition) is 3. The fourth-order valence-electron chi connectivity index (χ4n) is 3.15. The van der Waals surface area contributed by atoms with Crippen LogP contribution in [0, 0.1) is 5.92 Å².